The van der Waals surface area contributed by atoms with Crippen molar-refractivity contribution in [1.82, 2.24) is 14.7 Å². The molecule has 2 fully saturated rings. The molecule has 8 heteroatoms. The normalized spacial score (nSPS) is 23.2. The van der Waals surface area contributed by atoms with Crippen LogP contribution in [-0.4, -0.2) is 65.0 Å². The fraction of sp³-hybridized carbons (Fsp3) is 0.533. The molecule has 0 saturated carbocycles. The average Bonchev–Trinajstić information content (AvgIpc) is 3.14. The molecule has 1 aromatic heterocycles. The summed E-state index contributed by atoms with van der Waals surface area (Å²) in [4.78, 5) is 41.6. The number of morpholine rings is 1. The molecule has 0 aliphatic carbocycles. The Bertz CT molecular complexity index is 604. The molecule has 2 aliphatic heterocycles. The number of rotatable bonds is 5. The van der Waals surface area contributed by atoms with Crippen molar-refractivity contribution in [1.29, 1.82) is 0 Å². The Morgan fingerprint density at radius 2 is 2.04 bits per heavy atom. The SMILES string of the molecule is CC[C@H]1CN(CN2C(=O)C(=O)N(Cc3cccs3)C2=O)CCO1. The first-order valence-electron chi connectivity index (χ1n) is 7.63. The lowest BCUT2D eigenvalue weighted by atomic mass is 10.2. The van der Waals surface area contributed by atoms with Gasteiger partial charge in [-0.25, -0.2) is 9.69 Å². The second-order valence-electron chi connectivity index (χ2n) is 5.61. The molecule has 3 rings (SSSR count). The van der Waals surface area contributed by atoms with E-state index in [9.17, 15) is 14.4 Å². The predicted octanol–water partition coefficient (Wildman–Crippen LogP) is 1.11. The highest BCUT2D eigenvalue weighted by molar-refractivity contribution is 7.09. The molecule has 4 amide bonds. The number of hydrogen-bond acceptors (Lipinski definition) is 6. The smallest absolute Gasteiger partial charge is 0.335 e. The number of carbonyl (C=O) groups excluding carboxylic acids is 3. The first kappa shape index (κ1) is 16.1. The van der Waals surface area contributed by atoms with Crippen LogP contribution in [0.15, 0.2) is 17.5 Å². The van der Waals surface area contributed by atoms with Crippen LogP contribution in [0, 0.1) is 0 Å². The van der Waals surface area contributed by atoms with Crippen molar-refractivity contribution < 1.29 is 19.1 Å². The molecule has 0 aromatic carbocycles. The summed E-state index contributed by atoms with van der Waals surface area (Å²) in [5, 5.41) is 1.87. The van der Waals surface area contributed by atoms with E-state index in [0.717, 1.165) is 21.1 Å². The van der Waals surface area contributed by atoms with E-state index in [-0.39, 0.29) is 19.3 Å². The molecule has 0 bridgehead atoms. The lowest BCUT2D eigenvalue weighted by Gasteiger charge is -2.33. The highest BCUT2D eigenvalue weighted by atomic mass is 32.1. The van der Waals surface area contributed by atoms with Gasteiger partial charge < -0.3 is 4.74 Å². The van der Waals surface area contributed by atoms with Crippen LogP contribution in [0.25, 0.3) is 0 Å². The molecule has 2 aliphatic rings. The van der Waals surface area contributed by atoms with Crippen LogP contribution >= 0.6 is 11.3 Å². The fourth-order valence-corrected chi connectivity index (χ4v) is 3.42. The van der Waals surface area contributed by atoms with Crippen molar-refractivity contribution in [2.45, 2.75) is 26.0 Å². The summed E-state index contributed by atoms with van der Waals surface area (Å²) in [6.07, 6.45) is 0.983. The third-order valence-electron chi connectivity index (χ3n) is 4.05. The van der Waals surface area contributed by atoms with E-state index >= 15 is 0 Å². The van der Waals surface area contributed by atoms with E-state index in [1.807, 2.05) is 29.3 Å². The largest absolute Gasteiger partial charge is 0.376 e. The number of imide groups is 2. The zero-order chi connectivity index (χ0) is 16.4. The molecule has 0 N–H and O–H groups in total. The van der Waals surface area contributed by atoms with Crippen molar-refractivity contribution in [3.05, 3.63) is 22.4 Å². The van der Waals surface area contributed by atoms with Gasteiger partial charge in [0.15, 0.2) is 0 Å². The summed E-state index contributed by atoms with van der Waals surface area (Å²) in [5.41, 5.74) is 0. The van der Waals surface area contributed by atoms with Gasteiger partial charge in [-0.1, -0.05) is 13.0 Å². The van der Waals surface area contributed by atoms with Gasteiger partial charge in [-0.05, 0) is 17.9 Å². The van der Waals surface area contributed by atoms with Crippen LogP contribution < -0.4 is 0 Å². The minimum Gasteiger partial charge on any atom is -0.376 e. The molecule has 0 spiro atoms. The molecule has 7 nitrogen and oxygen atoms in total. The van der Waals surface area contributed by atoms with Gasteiger partial charge in [0, 0.05) is 18.0 Å². The molecule has 1 atom stereocenters. The second kappa shape index (κ2) is 6.77. The van der Waals surface area contributed by atoms with Gasteiger partial charge in [-0.3, -0.25) is 19.4 Å². The molecule has 0 radical (unpaired) electrons. The Morgan fingerprint density at radius 3 is 2.74 bits per heavy atom. The highest BCUT2D eigenvalue weighted by Gasteiger charge is 2.45. The van der Waals surface area contributed by atoms with Crippen LogP contribution in [-0.2, 0) is 20.9 Å². The van der Waals surface area contributed by atoms with E-state index in [1.165, 1.54) is 11.3 Å². The maximum Gasteiger partial charge on any atom is 0.335 e. The molecule has 0 unspecified atom stereocenters. The average molecular weight is 337 g/mol. The van der Waals surface area contributed by atoms with Crippen molar-refractivity contribution in [3.63, 3.8) is 0 Å². The monoisotopic (exact) mass is 337 g/mol. The van der Waals surface area contributed by atoms with E-state index in [2.05, 4.69) is 0 Å². The number of carbonyl (C=O) groups is 3. The number of ether oxygens (including phenoxy) is 1. The minimum absolute atomic E-state index is 0.106. The number of nitrogens with zero attached hydrogens (tertiary/aromatic N) is 3. The summed E-state index contributed by atoms with van der Waals surface area (Å²) in [5.74, 6) is -1.49. The number of urea groups is 1. The Balaban J connectivity index is 1.67. The maximum absolute atomic E-state index is 12.4. The molecule has 1 aromatic rings. The lowest BCUT2D eigenvalue weighted by Crippen LogP contribution is -2.49. The lowest BCUT2D eigenvalue weighted by molar-refractivity contribution is -0.144. The Morgan fingerprint density at radius 1 is 1.26 bits per heavy atom. The standard InChI is InChI=1S/C15H19N3O4S/c1-2-11-8-16(5-6-22-11)10-18-14(20)13(19)17(15(18)21)9-12-4-3-7-23-12/h3-4,7,11H,2,5-6,8-10H2,1H3/t11-/m0/s1. The fourth-order valence-electron chi connectivity index (χ4n) is 2.73. The van der Waals surface area contributed by atoms with Crippen LogP contribution in [0.3, 0.4) is 0 Å². The maximum atomic E-state index is 12.4. The van der Waals surface area contributed by atoms with Gasteiger partial charge >= 0.3 is 17.8 Å². The van der Waals surface area contributed by atoms with E-state index in [0.29, 0.717) is 19.7 Å². The zero-order valence-electron chi connectivity index (χ0n) is 12.9. The van der Waals surface area contributed by atoms with Gasteiger partial charge in [0.1, 0.15) is 0 Å². The Kier molecular flexibility index (Phi) is 4.74. The predicted molar refractivity (Wildman–Crippen MR) is 83.6 cm³/mol. The first-order chi connectivity index (χ1) is 11.1. The van der Waals surface area contributed by atoms with Gasteiger partial charge in [0.2, 0.25) is 0 Å². The number of hydrogen-bond donors (Lipinski definition) is 0. The third kappa shape index (κ3) is 3.29. The van der Waals surface area contributed by atoms with E-state index in [4.69, 9.17) is 4.74 Å². The highest BCUT2D eigenvalue weighted by Crippen LogP contribution is 2.19. The first-order valence-corrected chi connectivity index (χ1v) is 8.51. The van der Waals surface area contributed by atoms with Gasteiger partial charge in [-0.2, -0.15) is 0 Å². The van der Waals surface area contributed by atoms with Gasteiger partial charge in [0.25, 0.3) is 0 Å². The molecule has 2 saturated heterocycles. The number of thiophene rings is 1. The zero-order valence-corrected chi connectivity index (χ0v) is 13.8. The van der Waals surface area contributed by atoms with E-state index in [1.54, 1.807) is 0 Å². The van der Waals surface area contributed by atoms with Gasteiger partial charge in [0.05, 0.1) is 25.9 Å². The molecular weight excluding hydrogens is 318 g/mol. The molecular formula is C15H19N3O4S. The summed E-state index contributed by atoms with van der Waals surface area (Å²) in [7, 11) is 0. The Hall–Kier alpha value is -1.77. The summed E-state index contributed by atoms with van der Waals surface area (Å²) >= 11 is 1.45. The van der Waals surface area contributed by atoms with Crippen molar-refractivity contribution in [2.75, 3.05) is 26.4 Å². The molecule has 124 valence electrons. The topological polar surface area (TPSA) is 70.2 Å². The summed E-state index contributed by atoms with van der Waals surface area (Å²) in [6, 6.07) is 3.16. The number of amides is 4. The minimum atomic E-state index is -0.747. The van der Waals surface area contributed by atoms with Crippen LogP contribution in [0.2, 0.25) is 0 Å². The summed E-state index contributed by atoms with van der Waals surface area (Å²) in [6.45, 7) is 4.20. The van der Waals surface area contributed by atoms with Crippen LogP contribution in [0.5, 0.6) is 0 Å². The van der Waals surface area contributed by atoms with E-state index < -0.39 is 17.8 Å². The molecule has 23 heavy (non-hydrogen) atoms. The van der Waals surface area contributed by atoms with Crippen molar-refractivity contribution >= 4 is 29.2 Å². The summed E-state index contributed by atoms with van der Waals surface area (Å²) < 4.78 is 5.58. The van der Waals surface area contributed by atoms with Crippen LogP contribution in [0.4, 0.5) is 4.79 Å². The quantitative estimate of drug-likeness (QED) is 0.595. The van der Waals surface area contributed by atoms with Gasteiger partial charge in [-0.15, -0.1) is 11.3 Å². The van der Waals surface area contributed by atoms with Crippen LogP contribution in [0.1, 0.15) is 18.2 Å². The van der Waals surface area contributed by atoms with Crippen molar-refractivity contribution in [3.8, 4) is 0 Å². The third-order valence-corrected chi connectivity index (χ3v) is 4.91. The second-order valence-corrected chi connectivity index (χ2v) is 6.64. The van der Waals surface area contributed by atoms with Crippen molar-refractivity contribution in [2.24, 2.45) is 0 Å². The Labute approximate surface area is 138 Å². The molecule has 3 heterocycles.